The summed E-state index contributed by atoms with van der Waals surface area (Å²) in [5.74, 6) is -0.604. The number of para-hydroxylation sites is 1. The minimum Gasteiger partial charge on any atom is -0.482 e. The molecule has 0 saturated carbocycles. The first kappa shape index (κ1) is 22.9. The molecular weight excluding hydrogens is 449 g/mol. The zero-order valence-electron chi connectivity index (χ0n) is 16.6. The molecular formula is C24H17Cl2N3O3. The molecule has 8 heteroatoms. The molecule has 160 valence electrons. The van der Waals surface area contributed by atoms with E-state index in [9.17, 15) is 14.9 Å². The second kappa shape index (κ2) is 11.0. The average molecular weight is 466 g/mol. The van der Waals surface area contributed by atoms with Gasteiger partial charge in [0, 0.05) is 16.4 Å². The van der Waals surface area contributed by atoms with Crippen LogP contribution in [-0.4, -0.2) is 18.4 Å². The summed E-state index contributed by atoms with van der Waals surface area (Å²) in [4.78, 5) is 24.4. The van der Waals surface area contributed by atoms with E-state index in [0.717, 1.165) is 0 Å². The molecule has 0 aliphatic rings. The van der Waals surface area contributed by atoms with E-state index in [-0.39, 0.29) is 23.1 Å². The zero-order valence-corrected chi connectivity index (χ0v) is 18.2. The predicted octanol–water partition coefficient (Wildman–Crippen LogP) is 5.56. The van der Waals surface area contributed by atoms with Gasteiger partial charge >= 0.3 is 0 Å². The number of carbonyl (C=O) groups is 2. The Bertz CT molecular complexity index is 1190. The number of nitriles is 1. The third kappa shape index (κ3) is 6.61. The van der Waals surface area contributed by atoms with E-state index in [0.29, 0.717) is 27.7 Å². The molecule has 0 saturated heterocycles. The van der Waals surface area contributed by atoms with Crippen molar-refractivity contribution in [2.24, 2.45) is 0 Å². The molecule has 0 radical (unpaired) electrons. The van der Waals surface area contributed by atoms with Gasteiger partial charge in [-0.3, -0.25) is 9.59 Å². The third-order valence-electron chi connectivity index (χ3n) is 4.15. The number of carbonyl (C=O) groups excluding carboxylic acids is 2. The molecule has 0 spiro atoms. The molecule has 0 fully saturated rings. The zero-order chi connectivity index (χ0) is 22.9. The first-order chi connectivity index (χ1) is 15.4. The lowest BCUT2D eigenvalue weighted by Crippen LogP contribution is -2.20. The van der Waals surface area contributed by atoms with Gasteiger partial charge in [0.2, 0.25) is 0 Å². The summed E-state index contributed by atoms with van der Waals surface area (Å²) >= 11 is 12.1. The molecule has 3 rings (SSSR count). The second-order valence-corrected chi connectivity index (χ2v) is 7.37. The van der Waals surface area contributed by atoms with E-state index in [1.165, 1.54) is 6.08 Å². The highest BCUT2D eigenvalue weighted by Gasteiger charge is 2.11. The Balaban J connectivity index is 1.62. The van der Waals surface area contributed by atoms with Crippen LogP contribution in [-0.2, 0) is 9.59 Å². The van der Waals surface area contributed by atoms with Gasteiger partial charge in [0.25, 0.3) is 11.8 Å². The number of ether oxygens (including phenoxy) is 1. The lowest BCUT2D eigenvalue weighted by Gasteiger charge is -2.10. The van der Waals surface area contributed by atoms with Crippen molar-refractivity contribution >= 4 is 52.5 Å². The van der Waals surface area contributed by atoms with Gasteiger partial charge in [-0.2, -0.15) is 5.26 Å². The maximum Gasteiger partial charge on any atom is 0.266 e. The van der Waals surface area contributed by atoms with Crippen LogP contribution in [0.2, 0.25) is 10.0 Å². The summed E-state index contributed by atoms with van der Waals surface area (Å²) < 4.78 is 5.47. The highest BCUT2D eigenvalue weighted by atomic mass is 35.5. The maximum atomic E-state index is 12.3. The number of amides is 2. The Kier molecular flexibility index (Phi) is 7.87. The highest BCUT2D eigenvalue weighted by Crippen LogP contribution is 2.26. The number of anilines is 2. The largest absolute Gasteiger partial charge is 0.482 e. The van der Waals surface area contributed by atoms with Gasteiger partial charge in [-0.05, 0) is 60.2 Å². The lowest BCUT2D eigenvalue weighted by atomic mass is 10.1. The van der Waals surface area contributed by atoms with Crippen LogP contribution < -0.4 is 15.4 Å². The Morgan fingerprint density at radius 1 is 0.938 bits per heavy atom. The van der Waals surface area contributed by atoms with Crippen LogP contribution in [0.25, 0.3) is 6.08 Å². The standard InChI is InChI=1S/C24H17Cl2N3O3/c25-18-7-9-20(10-8-18)28-23(30)15-32-22-11-6-16(13-21(22)26)12-17(14-27)24(31)29-19-4-2-1-3-5-19/h1-13H,15H2,(H,28,30)(H,29,31)/b17-12+. The summed E-state index contributed by atoms with van der Waals surface area (Å²) in [5, 5.41) is 15.5. The van der Waals surface area contributed by atoms with Crippen molar-refractivity contribution in [2.75, 3.05) is 17.2 Å². The average Bonchev–Trinajstić information content (AvgIpc) is 2.79. The summed E-state index contributed by atoms with van der Waals surface area (Å²) in [5.41, 5.74) is 1.62. The maximum absolute atomic E-state index is 12.3. The number of nitrogens with zero attached hydrogens (tertiary/aromatic N) is 1. The molecule has 0 bridgehead atoms. The number of nitrogens with one attached hydrogen (secondary N) is 2. The quantitative estimate of drug-likeness (QED) is 0.353. The Morgan fingerprint density at radius 2 is 1.62 bits per heavy atom. The molecule has 2 N–H and O–H groups in total. The third-order valence-corrected chi connectivity index (χ3v) is 4.70. The molecule has 32 heavy (non-hydrogen) atoms. The lowest BCUT2D eigenvalue weighted by molar-refractivity contribution is -0.118. The van der Waals surface area contributed by atoms with Gasteiger partial charge in [-0.1, -0.05) is 47.5 Å². The SMILES string of the molecule is N#C/C(=C\c1ccc(OCC(=O)Nc2ccc(Cl)cc2)c(Cl)c1)C(=O)Nc1ccccc1. The summed E-state index contributed by atoms with van der Waals surface area (Å²) in [7, 11) is 0. The normalized spacial score (nSPS) is 10.7. The molecule has 3 aromatic carbocycles. The Hall–Kier alpha value is -3.79. The van der Waals surface area contributed by atoms with E-state index in [4.69, 9.17) is 27.9 Å². The monoisotopic (exact) mass is 465 g/mol. The first-order valence-electron chi connectivity index (χ1n) is 9.40. The molecule has 6 nitrogen and oxygen atoms in total. The summed E-state index contributed by atoms with van der Waals surface area (Å²) in [6.45, 7) is -0.250. The van der Waals surface area contributed by atoms with Crippen LogP contribution in [0.3, 0.4) is 0 Å². The molecule has 3 aromatic rings. The van der Waals surface area contributed by atoms with Crippen LogP contribution in [0.5, 0.6) is 5.75 Å². The van der Waals surface area contributed by atoms with E-state index in [1.807, 2.05) is 12.1 Å². The number of halogens is 2. The number of rotatable bonds is 7. The second-order valence-electron chi connectivity index (χ2n) is 6.52. The topological polar surface area (TPSA) is 91.2 Å². The van der Waals surface area contributed by atoms with Crippen LogP contribution in [0.1, 0.15) is 5.56 Å². The van der Waals surface area contributed by atoms with Gasteiger partial charge in [0.15, 0.2) is 6.61 Å². The van der Waals surface area contributed by atoms with E-state index in [1.54, 1.807) is 66.7 Å². The minimum absolute atomic E-state index is 0.0825. The number of benzene rings is 3. The highest BCUT2D eigenvalue weighted by molar-refractivity contribution is 6.32. The minimum atomic E-state index is -0.533. The fourth-order valence-electron chi connectivity index (χ4n) is 2.63. The molecule has 0 heterocycles. The van der Waals surface area contributed by atoms with Gasteiger partial charge in [0.05, 0.1) is 5.02 Å². The van der Waals surface area contributed by atoms with Crippen molar-refractivity contribution in [1.82, 2.24) is 0 Å². The van der Waals surface area contributed by atoms with E-state index in [2.05, 4.69) is 10.6 Å². The van der Waals surface area contributed by atoms with Crippen molar-refractivity contribution in [3.63, 3.8) is 0 Å². The van der Waals surface area contributed by atoms with Crippen molar-refractivity contribution < 1.29 is 14.3 Å². The van der Waals surface area contributed by atoms with E-state index < -0.39 is 5.91 Å². The summed E-state index contributed by atoms with van der Waals surface area (Å²) in [6, 6.07) is 22.1. The Labute approximate surface area is 195 Å². The molecule has 0 aliphatic carbocycles. The first-order valence-corrected chi connectivity index (χ1v) is 10.2. The fourth-order valence-corrected chi connectivity index (χ4v) is 3.00. The smallest absolute Gasteiger partial charge is 0.266 e. The molecule has 0 atom stereocenters. The molecule has 0 aromatic heterocycles. The van der Waals surface area contributed by atoms with Crippen molar-refractivity contribution in [3.8, 4) is 11.8 Å². The van der Waals surface area contributed by atoms with Gasteiger partial charge in [0.1, 0.15) is 17.4 Å². The number of hydrogen-bond donors (Lipinski definition) is 2. The van der Waals surface area contributed by atoms with Crippen LogP contribution in [0, 0.1) is 11.3 Å². The van der Waals surface area contributed by atoms with Gasteiger partial charge < -0.3 is 15.4 Å². The molecule has 2 amide bonds. The Morgan fingerprint density at radius 3 is 2.28 bits per heavy atom. The number of hydrogen-bond acceptors (Lipinski definition) is 4. The molecule has 0 unspecified atom stereocenters. The van der Waals surface area contributed by atoms with Crippen LogP contribution >= 0.6 is 23.2 Å². The molecule has 0 aliphatic heterocycles. The fraction of sp³-hybridized carbons (Fsp3) is 0.0417. The van der Waals surface area contributed by atoms with Crippen molar-refractivity contribution in [2.45, 2.75) is 0 Å². The van der Waals surface area contributed by atoms with Crippen LogP contribution in [0.15, 0.2) is 78.4 Å². The van der Waals surface area contributed by atoms with E-state index >= 15 is 0 Å². The summed E-state index contributed by atoms with van der Waals surface area (Å²) in [6.07, 6.45) is 1.42. The van der Waals surface area contributed by atoms with Gasteiger partial charge in [-0.25, -0.2) is 0 Å². The van der Waals surface area contributed by atoms with Crippen LogP contribution in [0.4, 0.5) is 11.4 Å². The predicted molar refractivity (Wildman–Crippen MR) is 126 cm³/mol. The van der Waals surface area contributed by atoms with Crippen molar-refractivity contribution in [3.05, 3.63) is 94.0 Å². The van der Waals surface area contributed by atoms with Gasteiger partial charge in [-0.15, -0.1) is 0 Å². The van der Waals surface area contributed by atoms with Crippen molar-refractivity contribution in [1.29, 1.82) is 5.26 Å².